The minimum absolute atomic E-state index is 0.0945. The maximum Gasteiger partial charge on any atom is 0.266 e. The summed E-state index contributed by atoms with van der Waals surface area (Å²) in [6.07, 6.45) is 0. The van der Waals surface area contributed by atoms with Crippen LogP contribution in [0.25, 0.3) is 16.6 Å². The van der Waals surface area contributed by atoms with Crippen LogP contribution in [0.4, 0.5) is 0 Å². The van der Waals surface area contributed by atoms with Crippen molar-refractivity contribution in [1.82, 2.24) is 14.5 Å². The molecule has 27 heavy (non-hydrogen) atoms. The highest BCUT2D eigenvalue weighted by atomic mass is 35.5. The molecule has 2 heterocycles. The van der Waals surface area contributed by atoms with Gasteiger partial charge in [-0.05, 0) is 43.7 Å². The van der Waals surface area contributed by atoms with Crippen molar-refractivity contribution in [3.05, 3.63) is 79.5 Å². The van der Waals surface area contributed by atoms with Gasteiger partial charge < -0.3 is 0 Å². The minimum atomic E-state index is -0.0945. The minimum Gasteiger partial charge on any atom is -0.268 e. The number of hydrogen-bond donors (Lipinski definition) is 0. The third-order valence-electron chi connectivity index (χ3n) is 4.24. The lowest BCUT2D eigenvalue weighted by Crippen LogP contribution is -2.22. The van der Waals surface area contributed by atoms with Gasteiger partial charge in [-0.15, -0.1) is 11.3 Å². The van der Waals surface area contributed by atoms with Crippen LogP contribution in [0, 0.1) is 13.8 Å². The zero-order valence-corrected chi connectivity index (χ0v) is 17.2. The van der Waals surface area contributed by atoms with E-state index in [0.29, 0.717) is 26.8 Å². The summed E-state index contributed by atoms with van der Waals surface area (Å²) in [5, 5.41) is 4.91. The Bertz CT molecular complexity index is 1200. The smallest absolute Gasteiger partial charge is 0.266 e. The fraction of sp³-hybridized carbons (Fsp3) is 0.150. The zero-order valence-electron chi connectivity index (χ0n) is 14.8. The van der Waals surface area contributed by atoms with Crippen molar-refractivity contribution in [2.24, 2.45) is 0 Å². The highest BCUT2D eigenvalue weighted by molar-refractivity contribution is 7.98. The van der Waals surface area contributed by atoms with Gasteiger partial charge in [0, 0.05) is 16.2 Å². The largest absolute Gasteiger partial charge is 0.268 e. The molecule has 0 saturated carbocycles. The van der Waals surface area contributed by atoms with Crippen molar-refractivity contribution in [2.75, 3.05) is 0 Å². The van der Waals surface area contributed by atoms with E-state index in [-0.39, 0.29) is 5.56 Å². The van der Waals surface area contributed by atoms with E-state index in [9.17, 15) is 4.79 Å². The summed E-state index contributed by atoms with van der Waals surface area (Å²) >= 11 is 9.44. The van der Waals surface area contributed by atoms with Crippen molar-refractivity contribution >= 4 is 45.6 Å². The predicted octanol–water partition coefficient (Wildman–Crippen LogP) is 5.40. The molecule has 0 aliphatic heterocycles. The van der Waals surface area contributed by atoms with E-state index in [1.165, 1.54) is 11.8 Å². The number of thioether (sulfide) groups is 1. The fourth-order valence-corrected chi connectivity index (χ4v) is 4.66. The average molecular weight is 414 g/mol. The summed E-state index contributed by atoms with van der Waals surface area (Å²) in [5.41, 5.74) is 3.19. The number of rotatable bonds is 4. The molecule has 2 aromatic heterocycles. The van der Waals surface area contributed by atoms with Gasteiger partial charge in [0.15, 0.2) is 5.16 Å². The number of aromatic nitrogens is 3. The van der Waals surface area contributed by atoms with Crippen molar-refractivity contribution in [1.29, 1.82) is 0 Å². The van der Waals surface area contributed by atoms with Crippen LogP contribution in [0.2, 0.25) is 5.02 Å². The van der Waals surface area contributed by atoms with E-state index < -0.39 is 0 Å². The van der Waals surface area contributed by atoms with Crippen LogP contribution >= 0.6 is 34.7 Å². The number of aryl methyl sites for hydroxylation is 1. The molecule has 0 aliphatic rings. The normalized spacial score (nSPS) is 11.2. The Morgan fingerprint density at radius 1 is 1.11 bits per heavy atom. The van der Waals surface area contributed by atoms with Crippen LogP contribution in [0.3, 0.4) is 0 Å². The summed E-state index contributed by atoms with van der Waals surface area (Å²) in [7, 11) is 0. The summed E-state index contributed by atoms with van der Waals surface area (Å²) in [5.74, 6) is 0.648. The Kier molecular flexibility index (Phi) is 5.04. The second-order valence-electron chi connectivity index (χ2n) is 6.08. The van der Waals surface area contributed by atoms with Gasteiger partial charge in [0.05, 0.1) is 27.3 Å². The van der Waals surface area contributed by atoms with Crippen LogP contribution in [0.1, 0.15) is 16.3 Å². The van der Waals surface area contributed by atoms with Gasteiger partial charge in [-0.3, -0.25) is 9.36 Å². The number of hydrogen-bond acceptors (Lipinski definition) is 5. The molecule has 4 nitrogen and oxygen atoms in total. The molecule has 0 amide bonds. The van der Waals surface area contributed by atoms with Gasteiger partial charge in [0.2, 0.25) is 0 Å². The summed E-state index contributed by atoms with van der Waals surface area (Å²) < 4.78 is 1.66. The summed E-state index contributed by atoms with van der Waals surface area (Å²) in [6, 6.07) is 13.0. The van der Waals surface area contributed by atoms with E-state index in [1.54, 1.807) is 22.0 Å². The molecule has 0 atom stereocenters. The van der Waals surface area contributed by atoms with Gasteiger partial charge in [0.25, 0.3) is 5.56 Å². The molecule has 0 saturated heterocycles. The van der Waals surface area contributed by atoms with E-state index in [1.807, 2.05) is 55.6 Å². The molecule has 7 heteroatoms. The molecule has 0 N–H and O–H groups in total. The third-order valence-corrected chi connectivity index (χ3v) is 6.44. The number of para-hydroxylation sites is 1. The molecular weight excluding hydrogens is 398 g/mol. The lowest BCUT2D eigenvalue weighted by atomic mass is 10.2. The Balaban J connectivity index is 1.90. The van der Waals surface area contributed by atoms with E-state index >= 15 is 0 Å². The van der Waals surface area contributed by atoms with Crippen molar-refractivity contribution in [2.45, 2.75) is 24.8 Å². The predicted molar refractivity (Wildman–Crippen MR) is 113 cm³/mol. The Hall–Kier alpha value is -2.15. The fourth-order valence-electron chi connectivity index (χ4n) is 2.87. The molecule has 0 spiro atoms. The first-order chi connectivity index (χ1) is 13.0. The molecular formula is C20H16ClN3OS2. The van der Waals surface area contributed by atoms with E-state index in [0.717, 1.165) is 22.0 Å². The monoisotopic (exact) mass is 413 g/mol. The van der Waals surface area contributed by atoms with Gasteiger partial charge in [0.1, 0.15) is 0 Å². The summed E-state index contributed by atoms with van der Waals surface area (Å²) in [6.45, 7) is 3.90. The summed E-state index contributed by atoms with van der Waals surface area (Å²) in [4.78, 5) is 22.6. The second kappa shape index (κ2) is 7.46. The van der Waals surface area contributed by atoms with Gasteiger partial charge in [-0.2, -0.15) is 0 Å². The average Bonchev–Trinajstić information content (AvgIpc) is 3.08. The molecule has 0 bridgehead atoms. The van der Waals surface area contributed by atoms with Crippen LogP contribution in [-0.2, 0) is 5.75 Å². The number of nitrogens with zero attached hydrogens (tertiary/aromatic N) is 3. The number of thiazole rings is 1. The van der Waals surface area contributed by atoms with Gasteiger partial charge in [-0.25, -0.2) is 9.97 Å². The molecule has 0 aliphatic carbocycles. The maximum atomic E-state index is 13.3. The molecule has 0 fully saturated rings. The first-order valence-electron chi connectivity index (χ1n) is 8.35. The number of fused-ring (bicyclic) bond motifs is 1. The van der Waals surface area contributed by atoms with Crippen LogP contribution in [0.15, 0.2) is 57.8 Å². The highest BCUT2D eigenvalue weighted by Crippen LogP contribution is 2.28. The first-order valence-corrected chi connectivity index (χ1v) is 10.6. The lowest BCUT2D eigenvalue weighted by Gasteiger charge is -2.15. The topological polar surface area (TPSA) is 47.8 Å². The molecule has 136 valence electrons. The SMILES string of the molecule is Cc1nc(CSc2nc3ccccc3c(=O)n2-c2cccc(Cl)c2C)cs1. The van der Waals surface area contributed by atoms with Crippen molar-refractivity contribution < 1.29 is 0 Å². The van der Waals surface area contributed by atoms with Crippen LogP contribution < -0.4 is 5.56 Å². The Labute approximate surface area is 169 Å². The number of benzene rings is 2. The lowest BCUT2D eigenvalue weighted by molar-refractivity contribution is 0.814. The van der Waals surface area contributed by atoms with Crippen molar-refractivity contribution in [3.63, 3.8) is 0 Å². The molecule has 4 aromatic rings. The highest BCUT2D eigenvalue weighted by Gasteiger charge is 2.16. The second-order valence-corrected chi connectivity index (χ2v) is 8.49. The molecule has 0 unspecified atom stereocenters. The first kappa shape index (κ1) is 18.2. The van der Waals surface area contributed by atoms with Crippen LogP contribution in [-0.4, -0.2) is 14.5 Å². The van der Waals surface area contributed by atoms with Gasteiger partial charge >= 0.3 is 0 Å². The van der Waals surface area contributed by atoms with Crippen LogP contribution in [0.5, 0.6) is 0 Å². The Morgan fingerprint density at radius 2 is 1.93 bits per heavy atom. The third kappa shape index (κ3) is 3.52. The van der Waals surface area contributed by atoms with Crippen molar-refractivity contribution in [3.8, 4) is 5.69 Å². The standard InChI is InChI=1S/C20H16ClN3OS2/c1-12-16(21)7-5-9-18(12)24-19(25)15-6-3-4-8-17(15)23-20(24)27-11-14-10-26-13(2)22-14/h3-10H,11H2,1-2H3. The maximum absolute atomic E-state index is 13.3. The molecule has 4 rings (SSSR count). The quantitative estimate of drug-likeness (QED) is 0.331. The van der Waals surface area contributed by atoms with E-state index in [2.05, 4.69) is 4.98 Å². The Morgan fingerprint density at radius 3 is 2.70 bits per heavy atom. The van der Waals surface area contributed by atoms with Gasteiger partial charge in [-0.1, -0.05) is 41.6 Å². The zero-order chi connectivity index (χ0) is 19.0. The number of halogens is 1. The molecule has 2 aromatic carbocycles. The van der Waals surface area contributed by atoms with E-state index in [4.69, 9.17) is 16.6 Å². The molecule has 0 radical (unpaired) electrons.